The smallest absolute Gasteiger partial charge is 0.272 e. The molecule has 5 nitrogen and oxygen atoms in total. The predicted octanol–water partition coefficient (Wildman–Crippen LogP) is 6.51. The van der Waals surface area contributed by atoms with E-state index in [0.717, 1.165) is 70.0 Å². The first kappa shape index (κ1) is 28.0. The molecule has 2 aromatic carbocycles. The number of hydrogen-bond donors (Lipinski definition) is 1. The van der Waals surface area contributed by atoms with E-state index >= 15 is 0 Å². The molecule has 6 rings (SSSR count). The Bertz CT molecular complexity index is 1230. The number of halogens is 3. The molecule has 3 fully saturated rings. The van der Waals surface area contributed by atoms with Crippen molar-refractivity contribution in [3.63, 3.8) is 0 Å². The topological polar surface area (TPSA) is 52.7 Å². The van der Waals surface area contributed by atoms with Crippen molar-refractivity contribution < 1.29 is 18.4 Å². The summed E-state index contributed by atoms with van der Waals surface area (Å²) in [5.41, 5.74) is 3.54. The Hall–Kier alpha value is -2.51. The number of fused-ring (bicyclic) bond motifs is 1. The Morgan fingerprint density at radius 1 is 0.949 bits per heavy atom. The quantitative estimate of drug-likeness (QED) is 0.466. The van der Waals surface area contributed by atoms with Gasteiger partial charge in [0.2, 0.25) is 0 Å². The fraction of sp³-hybridized carbons (Fsp3) is 0.548. The molecule has 1 atom stereocenters. The molecule has 2 aromatic rings. The van der Waals surface area contributed by atoms with Crippen LogP contribution in [0.2, 0.25) is 5.02 Å². The summed E-state index contributed by atoms with van der Waals surface area (Å²) in [6, 6.07) is 13.1. The van der Waals surface area contributed by atoms with Gasteiger partial charge in [-0.05, 0) is 92.2 Å². The van der Waals surface area contributed by atoms with Gasteiger partial charge in [-0.25, -0.2) is 8.78 Å². The van der Waals surface area contributed by atoms with E-state index in [1.54, 1.807) is 24.3 Å². The van der Waals surface area contributed by atoms with E-state index in [-0.39, 0.29) is 49.8 Å². The maximum atomic E-state index is 13.5. The lowest BCUT2D eigenvalue weighted by Crippen LogP contribution is -2.61. The molecule has 2 saturated heterocycles. The molecule has 2 aliphatic carbocycles. The van der Waals surface area contributed by atoms with Gasteiger partial charge in [0.05, 0.1) is 29.7 Å². The number of benzene rings is 2. The van der Waals surface area contributed by atoms with Crippen molar-refractivity contribution in [3.05, 3.63) is 69.7 Å². The van der Waals surface area contributed by atoms with E-state index in [1.165, 1.54) is 5.56 Å². The lowest BCUT2D eigenvalue weighted by atomic mass is 9.66. The normalized spacial score (nSPS) is 24.0. The van der Waals surface area contributed by atoms with Crippen molar-refractivity contribution in [1.82, 2.24) is 15.1 Å². The zero-order chi connectivity index (χ0) is 26.5. The summed E-state index contributed by atoms with van der Waals surface area (Å²) in [6.45, 7) is 1.29. The number of piperidine rings is 1. The third-order valence-corrected chi connectivity index (χ3v) is 9.74. The van der Waals surface area contributed by atoms with Crippen LogP contribution in [0.4, 0.5) is 8.78 Å². The van der Waals surface area contributed by atoms with Crippen LogP contribution in [0.15, 0.2) is 42.5 Å². The van der Waals surface area contributed by atoms with E-state index in [0.29, 0.717) is 16.1 Å². The van der Waals surface area contributed by atoms with Crippen LogP contribution >= 0.6 is 11.6 Å². The Kier molecular flexibility index (Phi) is 7.77. The highest BCUT2D eigenvalue weighted by Crippen LogP contribution is 2.47. The molecule has 0 radical (unpaired) electrons. The van der Waals surface area contributed by atoms with Crippen molar-refractivity contribution in [1.29, 1.82) is 0 Å². The second-order valence-corrected chi connectivity index (χ2v) is 12.1. The van der Waals surface area contributed by atoms with Gasteiger partial charge >= 0.3 is 0 Å². The first-order valence-electron chi connectivity index (χ1n) is 13.8. The number of amides is 2. The molecule has 2 amide bonds. The largest absolute Gasteiger partial charge is 0.345 e. The SMILES string of the molecule is C.O=C(NC1CCc2ccc(C(=O)N3CCC4(CCC(N5CC(F)(F)C5)CC4)CC3)cc21)c1ccccc1Cl. The molecule has 1 N–H and O–H groups in total. The third-order valence-electron chi connectivity index (χ3n) is 9.41. The maximum absolute atomic E-state index is 13.5. The molecule has 1 spiro atoms. The van der Waals surface area contributed by atoms with Gasteiger partial charge < -0.3 is 10.2 Å². The Labute approximate surface area is 234 Å². The zero-order valence-electron chi connectivity index (χ0n) is 21.5. The van der Waals surface area contributed by atoms with Gasteiger partial charge in [0.15, 0.2) is 0 Å². The van der Waals surface area contributed by atoms with Crippen LogP contribution in [-0.4, -0.2) is 59.8 Å². The number of nitrogens with zero attached hydrogens (tertiary/aromatic N) is 2. The van der Waals surface area contributed by atoms with Crippen LogP contribution in [0.3, 0.4) is 0 Å². The summed E-state index contributed by atoms with van der Waals surface area (Å²) in [7, 11) is 0. The molecule has 39 heavy (non-hydrogen) atoms. The summed E-state index contributed by atoms with van der Waals surface area (Å²) >= 11 is 6.21. The van der Waals surface area contributed by atoms with Gasteiger partial charge in [-0.3, -0.25) is 14.5 Å². The second-order valence-electron chi connectivity index (χ2n) is 11.7. The number of aryl methyl sites for hydroxylation is 1. The molecule has 1 saturated carbocycles. The average Bonchev–Trinajstić information content (AvgIpc) is 3.30. The lowest BCUT2D eigenvalue weighted by molar-refractivity contribution is -0.153. The highest BCUT2D eigenvalue weighted by molar-refractivity contribution is 6.33. The molecule has 0 aromatic heterocycles. The summed E-state index contributed by atoms with van der Waals surface area (Å²) in [4.78, 5) is 30.2. The van der Waals surface area contributed by atoms with Crippen molar-refractivity contribution in [2.45, 2.75) is 76.8 Å². The number of alkyl halides is 2. The Balaban J connectivity index is 0.00000308. The van der Waals surface area contributed by atoms with Crippen molar-refractivity contribution in [2.75, 3.05) is 26.2 Å². The first-order valence-corrected chi connectivity index (χ1v) is 14.2. The lowest BCUT2D eigenvalue weighted by Gasteiger charge is -2.51. The molecule has 2 heterocycles. The van der Waals surface area contributed by atoms with E-state index in [4.69, 9.17) is 11.6 Å². The summed E-state index contributed by atoms with van der Waals surface area (Å²) < 4.78 is 26.6. The standard InChI is InChI=1S/C30H34ClF2N3O2.CH4/c31-25-4-2-1-3-23(25)27(37)34-26-8-7-20-5-6-21(17-24(20)26)28(38)35-15-13-29(14-16-35)11-9-22(10-12-29)36-18-30(32,33)19-36;/h1-6,17,22,26H,7-16,18-19H2,(H,34,37);1H4. The minimum Gasteiger partial charge on any atom is -0.345 e. The number of nitrogens with one attached hydrogen (secondary N) is 1. The highest BCUT2D eigenvalue weighted by atomic mass is 35.5. The molecule has 2 aliphatic heterocycles. The van der Waals surface area contributed by atoms with Gasteiger partial charge in [0, 0.05) is 24.7 Å². The number of rotatable bonds is 4. The number of hydrogen-bond acceptors (Lipinski definition) is 3. The van der Waals surface area contributed by atoms with Crippen molar-refractivity contribution in [2.24, 2.45) is 5.41 Å². The molecule has 0 bridgehead atoms. The molecule has 4 aliphatic rings. The van der Waals surface area contributed by atoms with Crippen LogP contribution in [-0.2, 0) is 6.42 Å². The molecular weight excluding hydrogens is 520 g/mol. The molecule has 210 valence electrons. The van der Waals surface area contributed by atoms with Gasteiger partial charge in [-0.2, -0.15) is 0 Å². The van der Waals surface area contributed by atoms with Crippen LogP contribution in [0, 0.1) is 5.41 Å². The van der Waals surface area contributed by atoms with Crippen molar-refractivity contribution >= 4 is 23.4 Å². The van der Waals surface area contributed by atoms with E-state index in [9.17, 15) is 18.4 Å². The highest BCUT2D eigenvalue weighted by Gasteiger charge is 2.49. The van der Waals surface area contributed by atoms with Crippen molar-refractivity contribution in [3.8, 4) is 0 Å². The number of carbonyl (C=O) groups excluding carboxylic acids is 2. The Morgan fingerprint density at radius 3 is 2.31 bits per heavy atom. The van der Waals surface area contributed by atoms with Gasteiger partial charge in [-0.1, -0.05) is 37.2 Å². The second kappa shape index (κ2) is 10.8. The van der Waals surface area contributed by atoms with Crippen LogP contribution in [0.5, 0.6) is 0 Å². The monoisotopic (exact) mass is 557 g/mol. The minimum absolute atomic E-state index is 0. The van der Waals surface area contributed by atoms with E-state index < -0.39 is 5.92 Å². The number of carbonyl (C=O) groups is 2. The molecule has 8 heteroatoms. The maximum Gasteiger partial charge on any atom is 0.272 e. The summed E-state index contributed by atoms with van der Waals surface area (Å²) in [5.74, 6) is -2.66. The summed E-state index contributed by atoms with van der Waals surface area (Å²) in [6.07, 6.45) is 7.70. The first-order chi connectivity index (χ1) is 18.2. The van der Waals surface area contributed by atoms with Crippen LogP contribution < -0.4 is 5.32 Å². The van der Waals surface area contributed by atoms with Gasteiger partial charge in [0.1, 0.15) is 0 Å². The molecular formula is C31H38ClF2N3O2. The van der Waals surface area contributed by atoms with Crippen LogP contribution in [0.1, 0.15) is 90.3 Å². The third kappa shape index (κ3) is 5.58. The molecule has 1 unspecified atom stereocenters. The Morgan fingerprint density at radius 2 is 1.64 bits per heavy atom. The van der Waals surface area contributed by atoms with Gasteiger partial charge in [-0.15, -0.1) is 0 Å². The van der Waals surface area contributed by atoms with E-state index in [1.807, 2.05) is 28.0 Å². The van der Waals surface area contributed by atoms with Gasteiger partial charge in [0.25, 0.3) is 17.7 Å². The zero-order valence-corrected chi connectivity index (χ0v) is 22.3. The number of likely N-dealkylation sites (tertiary alicyclic amines) is 2. The fourth-order valence-electron chi connectivity index (χ4n) is 7.02. The predicted molar refractivity (Wildman–Crippen MR) is 149 cm³/mol. The fourth-order valence-corrected chi connectivity index (χ4v) is 7.24. The summed E-state index contributed by atoms with van der Waals surface area (Å²) in [5, 5.41) is 3.53. The van der Waals surface area contributed by atoms with Crippen LogP contribution in [0.25, 0.3) is 0 Å². The minimum atomic E-state index is -2.50. The van der Waals surface area contributed by atoms with E-state index in [2.05, 4.69) is 5.32 Å². The average molecular weight is 558 g/mol.